The SMILES string of the molecule is Cc1nn(C(C)C2CC2)c(Cl)c1[N+](=O)[O-]. The summed E-state index contributed by atoms with van der Waals surface area (Å²) in [5, 5.41) is 15.0. The molecule has 0 spiro atoms. The highest BCUT2D eigenvalue weighted by Gasteiger charge is 2.34. The van der Waals surface area contributed by atoms with Crippen molar-refractivity contribution in [1.82, 2.24) is 9.78 Å². The van der Waals surface area contributed by atoms with Crippen LogP contribution in [0, 0.1) is 23.0 Å². The standard InChI is InChI=1S/C9H12ClN3O2/c1-5-8(13(14)15)9(10)12(11-5)6(2)7-3-4-7/h6-7H,3-4H2,1-2H3. The van der Waals surface area contributed by atoms with E-state index in [1.807, 2.05) is 6.92 Å². The van der Waals surface area contributed by atoms with Crippen LogP contribution in [0.25, 0.3) is 0 Å². The van der Waals surface area contributed by atoms with Crippen molar-refractivity contribution in [3.05, 3.63) is 21.0 Å². The summed E-state index contributed by atoms with van der Waals surface area (Å²) in [6.45, 7) is 3.61. The second-order valence-electron chi connectivity index (χ2n) is 4.00. The van der Waals surface area contributed by atoms with E-state index in [1.54, 1.807) is 11.6 Å². The first-order valence-electron chi connectivity index (χ1n) is 4.91. The molecule has 2 rings (SSSR count). The molecule has 15 heavy (non-hydrogen) atoms. The number of nitro groups is 1. The Labute approximate surface area is 92.2 Å². The van der Waals surface area contributed by atoms with Gasteiger partial charge in [0.05, 0.1) is 11.0 Å². The molecular formula is C9H12ClN3O2. The molecule has 0 aliphatic heterocycles. The summed E-state index contributed by atoms with van der Waals surface area (Å²) in [4.78, 5) is 10.3. The van der Waals surface area contributed by atoms with Crippen LogP contribution in [0.4, 0.5) is 5.69 Å². The number of aromatic nitrogens is 2. The molecule has 1 atom stereocenters. The van der Waals surface area contributed by atoms with Gasteiger partial charge >= 0.3 is 5.69 Å². The van der Waals surface area contributed by atoms with Crippen molar-refractivity contribution in [2.24, 2.45) is 5.92 Å². The Kier molecular flexibility index (Phi) is 2.42. The lowest BCUT2D eigenvalue weighted by molar-refractivity contribution is -0.385. The molecule has 0 N–H and O–H groups in total. The summed E-state index contributed by atoms with van der Waals surface area (Å²) in [7, 11) is 0. The van der Waals surface area contributed by atoms with Gasteiger partial charge in [-0.1, -0.05) is 11.6 Å². The van der Waals surface area contributed by atoms with Crippen LogP contribution in [0.15, 0.2) is 0 Å². The Morgan fingerprint density at radius 2 is 2.27 bits per heavy atom. The van der Waals surface area contributed by atoms with E-state index in [2.05, 4.69) is 5.10 Å². The number of nitrogens with zero attached hydrogens (tertiary/aromatic N) is 3. The first-order chi connectivity index (χ1) is 7.02. The van der Waals surface area contributed by atoms with Crippen LogP contribution in [-0.4, -0.2) is 14.7 Å². The predicted molar refractivity (Wildman–Crippen MR) is 56.1 cm³/mol. The van der Waals surface area contributed by atoms with Gasteiger partial charge in [0.1, 0.15) is 5.69 Å². The topological polar surface area (TPSA) is 61.0 Å². The molecule has 1 saturated carbocycles. The number of aryl methyl sites for hydroxylation is 1. The van der Waals surface area contributed by atoms with E-state index in [-0.39, 0.29) is 16.9 Å². The Morgan fingerprint density at radius 3 is 2.67 bits per heavy atom. The monoisotopic (exact) mass is 229 g/mol. The minimum Gasteiger partial charge on any atom is -0.258 e. The first kappa shape index (κ1) is 10.4. The van der Waals surface area contributed by atoms with Gasteiger partial charge in [0.25, 0.3) is 0 Å². The molecule has 1 aliphatic rings. The fraction of sp³-hybridized carbons (Fsp3) is 0.667. The van der Waals surface area contributed by atoms with Crippen LogP contribution in [0.3, 0.4) is 0 Å². The quantitative estimate of drug-likeness (QED) is 0.591. The van der Waals surface area contributed by atoms with E-state index in [9.17, 15) is 10.1 Å². The van der Waals surface area contributed by atoms with E-state index in [4.69, 9.17) is 11.6 Å². The van der Waals surface area contributed by atoms with E-state index in [1.165, 1.54) is 0 Å². The van der Waals surface area contributed by atoms with Gasteiger partial charge in [0.2, 0.25) is 5.15 Å². The molecule has 1 unspecified atom stereocenters. The fourth-order valence-electron chi connectivity index (χ4n) is 1.77. The molecule has 1 fully saturated rings. The number of hydrogen-bond acceptors (Lipinski definition) is 3. The van der Waals surface area contributed by atoms with Crippen LogP contribution < -0.4 is 0 Å². The molecule has 1 aromatic rings. The third kappa shape index (κ3) is 1.71. The van der Waals surface area contributed by atoms with Gasteiger partial charge in [-0.2, -0.15) is 5.10 Å². The highest BCUT2D eigenvalue weighted by Crippen LogP contribution is 2.42. The molecule has 82 valence electrons. The summed E-state index contributed by atoms with van der Waals surface area (Å²) >= 11 is 5.95. The van der Waals surface area contributed by atoms with Gasteiger partial charge in [-0.3, -0.25) is 10.1 Å². The second-order valence-corrected chi connectivity index (χ2v) is 4.36. The van der Waals surface area contributed by atoms with Crippen LogP contribution in [-0.2, 0) is 0 Å². The number of hydrogen-bond donors (Lipinski definition) is 0. The normalized spacial score (nSPS) is 17.8. The van der Waals surface area contributed by atoms with Crippen molar-refractivity contribution in [1.29, 1.82) is 0 Å². The lowest BCUT2D eigenvalue weighted by Gasteiger charge is -2.10. The predicted octanol–water partition coefficient (Wildman–Crippen LogP) is 2.72. The van der Waals surface area contributed by atoms with Crippen molar-refractivity contribution >= 4 is 17.3 Å². The van der Waals surface area contributed by atoms with Gasteiger partial charge in [-0.05, 0) is 32.6 Å². The third-order valence-corrected chi connectivity index (χ3v) is 3.22. The number of halogens is 1. The zero-order valence-electron chi connectivity index (χ0n) is 8.61. The van der Waals surface area contributed by atoms with Crippen molar-refractivity contribution < 1.29 is 4.92 Å². The van der Waals surface area contributed by atoms with Gasteiger partial charge in [-0.25, -0.2) is 4.68 Å². The molecule has 5 nitrogen and oxygen atoms in total. The number of rotatable bonds is 3. The summed E-state index contributed by atoms with van der Waals surface area (Å²) in [6.07, 6.45) is 2.31. The molecule has 0 amide bonds. The maximum Gasteiger partial charge on any atom is 0.328 e. The minimum atomic E-state index is -0.471. The maximum atomic E-state index is 10.7. The Hall–Kier alpha value is -1.10. The van der Waals surface area contributed by atoms with Crippen LogP contribution in [0.5, 0.6) is 0 Å². The van der Waals surface area contributed by atoms with Gasteiger partial charge < -0.3 is 0 Å². The van der Waals surface area contributed by atoms with E-state index in [0.717, 1.165) is 12.8 Å². The molecule has 1 aliphatic carbocycles. The highest BCUT2D eigenvalue weighted by molar-refractivity contribution is 6.31. The van der Waals surface area contributed by atoms with Gasteiger partial charge in [0, 0.05) is 0 Å². The van der Waals surface area contributed by atoms with Gasteiger partial charge in [0.15, 0.2) is 0 Å². The smallest absolute Gasteiger partial charge is 0.258 e. The zero-order chi connectivity index (χ0) is 11.2. The van der Waals surface area contributed by atoms with E-state index >= 15 is 0 Å². The lowest BCUT2D eigenvalue weighted by Crippen LogP contribution is -2.09. The minimum absolute atomic E-state index is 0.0656. The summed E-state index contributed by atoms with van der Waals surface area (Å²) in [6, 6.07) is 0.157. The summed E-state index contributed by atoms with van der Waals surface area (Å²) < 4.78 is 1.58. The summed E-state index contributed by atoms with van der Waals surface area (Å²) in [5.74, 6) is 0.571. The largest absolute Gasteiger partial charge is 0.328 e. The third-order valence-electron chi connectivity index (χ3n) is 2.87. The summed E-state index contributed by atoms with van der Waals surface area (Å²) in [5.41, 5.74) is 0.321. The highest BCUT2D eigenvalue weighted by atomic mass is 35.5. The maximum absolute atomic E-state index is 10.7. The zero-order valence-corrected chi connectivity index (χ0v) is 9.36. The van der Waals surface area contributed by atoms with Crippen LogP contribution >= 0.6 is 11.6 Å². The molecule has 6 heteroatoms. The Morgan fingerprint density at radius 1 is 1.67 bits per heavy atom. The molecule has 0 bridgehead atoms. The molecule has 0 saturated heterocycles. The first-order valence-corrected chi connectivity index (χ1v) is 5.29. The van der Waals surface area contributed by atoms with E-state index in [0.29, 0.717) is 11.6 Å². The van der Waals surface area contributed by atoms with Crippen molar-refractivity contribution in [3.63, 3.8) is 0 Å². The lowest BCUT2D eigenvalue weighted by atomic mass is 10.2. The molecular weight excluding hydrogens is 218 g/mol. The van der Waals surface area contributed by atoms with Crippen molar-refractivity contribution in [2.45, 2.75) is 32.7 Å². The second kappa shape index (κ2) is 3.48. The van der Waals surface area contributed by atoms with E-state index < -0.39 is 4.92 Å². The van der Waals surface area contributed by atoms with Crippen molar-refractivity contribution in [3.8, 4) is 0 Å². The molecule has 1 heterocycles. The Balaban J connectivity index is 2.40. The average Bonchev–Trinajstić information content (AvgIpc) is 2.91. The molecule has 0 radical (unpaired) electrons. The fourth-order valence-corrected chi connectivity index (χ4v) is 2.16. The molecule has 1 aromatic heterocycles. The van der Waals surface area contributed by atoms with Crippen LogP contribution in [0.2, 0.25) is 5.15 Å². The van der Waals surface area contributed by atoms with Gasteiger partial charge in [-0.15, -0.1) is 0 Å². The molecule has 0 aromatic carbocycles. The van der Waals surface area contributed by atoms with Crippen LogP contribution in [0.1, 0.15) is 31.5 Å². The van der Waals surface area contributed by atoms with Crippen molar-refractivity contribution in [2.75, 3.05) is 0 Å². The Bertz CT molecular complexity index is 412. The average molecular weight is 230 g/mol.